The molecular weight excluding hydrogens is 336 g/mol. The normalized spacial score (nSPS) is 10.0. The number of nitrogens with one attached hydrogen (secondary N) is 2. The van der Waals surface area contributed by atoms with Crippen LogP contribution < -0.4 is 10.6 Å². The fourth-order valence-corrected chi connectivity index (χ4v) is 2.26. The molecule has 0 spiro atoms. The molecular formula is C18H18N4O4. The molecule has 8 nitrogen and oxygen atoms in total. The number of nitriles is 1. The van der Waals surface area contributed by atoms with Crippen molar-refractivity contribution < 1.29 is 14.5 Å². The molecule has 0 unspecified atom stereocenters. The number of ether oxygens (including phenoxy) is 1. The number of nitro groups is 1. The topological polar surface area (TPSA) is 117 Å². The van der Waals surface area contributed by atoms with E-state index in [9.17, 15) is 14.9 Å². The van der Waals surface area contributed by atoms with E-state index >= 15 is 0 Å². The Morgan fingerprint density at radius 3 is 2.62 bits per heavy atom. The molecule has 0 bridgehead atoms. The second-order valence-electron chi connectivity index (χ2n) is 5.39. The Kier molecular flexibility index (Phi) is 6.65. The molecule has 0 aromatic heterocycles. The van der Waals surface area contributed by atoms with E-state index in [2.05, 4.69) is 10.6 Å². The van der Waals surface area contributed by atoms with Gasteiger partial charge in [-0.1, -0.05) is 12.1 Å². The van der Waals surface area contributed by atoms with Gasteiger partial charge in [0.25, 0.3) is 11.6 Å². The van der Waals surface area contributed by atoms with E-state index in [1.165, 1.54) is 25.3 Å². The summed E-state index contributed by atoms with van der Waals surface area (Å²) < 4.78 is 4.90. The number of nitrogens with zero attached hydrogens (tertiary/aromatic N) is 2. The monoisotopic (exact) mass is 354 g/mol. The van der Waals surface area contributed by atoms with E-state index < -0.39 is 10.8 Å². The highest BCUT2D eigenvalue weighted by atomic mass is 16.6. The summed E-state index contributed by atoms with van der Waals surface area (Å²) in [6.07, 6.45) is 0.290. The molecule has 0 aliphatic rings. The van der Waals surface area contributed by atoms with Crippen molar-refractivity contribution >= 4 is 23.0 Å². The first-order valence-corrected chi connectivity index (χ1v) is 7.83. The van der Waals surface area contributed by atoms with Crippen LogP contribution in [0, 0.1) is 21.4 Å². The molecule has 2 rings (SSSR count). The highest BCUT2D eigenvalue weighted by Crippen LogP contribution is 2.26. The number of rotatable bonds is 8. The first-order chi connectivity index (χ1) is 12.5. The van der Waals surface area contributed by atoms with Crippen LogP contribution in [-0.2, 0) is 11.2 Å². The van der Waals surface area contributed by atoms with E-state index in [-0.39, 0.29) is 17.7 Å². The Balaban J connectivity index is 2.14. The third-order valence-electron chi connectivity index (χ3n) is 3.57. The van der Waals surface area contributed by atoms with Gasteiger partial charge in [-0.2, -0.15) is 5.26 Å². The van der Waals surface area contributed by atoms with Crippen LogP contribution in [-0.4, -0.2) is 31.1 Å². The molecule has 0 atom stereocenters. The van der Waals surface area contributed by atoms with Crippen molar-refractivity contribution in [2.24, 2.45) is 0 Å². The molecule has 0 radical (unpaired) electrons. The summed E-state index contributed by atoms with van der Waals surface area (Å²) in [4.78, 5) is 23.1. The summed E-state index contributed by atoms with van der Waals surface area (Å²) in [5.74, 6) is -0.454. The van der Waals surface area contributed by atoms with Crippen molar-refractivity contribution in [3.63, 3.8) is 0 Å². The van der Waals surface area contributed by atoms with Crippen molar-refractivity contribution in [3.05, 3.63) is 63.7 Å². The molecule has 0 heterocycles. The molecule has 26 heavy (non-hydrogen) atoms. The average molecular weight is 354 g/mol. The molecule has 2 aromatic carbocycles. The van der Waals surface area contributed by atoms with Crippen molar-refractivity contribution in [2.45, 2.75) is 6.42 Å². The number of anilines is 2. The number of nitro benzene ring substituents is 1. The lowest BCUT2D eigenvalue weighted by molar-refractivity contribution is -0.384. The summed E-state index contributed by atoms with van der Waals surface area (Å²) in [7, 11) is 1.54. The zero-order chi connectivity index (χ0) is 18.9. The average Bonchev–Trinajstić information content (AvgIpc) is 2.63. The van der Waals surface area contributed by atoms with Crippen LogP contribution in [0.2, 0.25) is 0 Å². The lowest BCUT2D eigenvalue weighted by Crippen LogP contribution is -2.13. The first-order valence-electron chi connectivity index (χ1n) is 7.83. The van der Waals surface area contributed by atoms with Gasteiger partial charge in [-0.05, 0) is 29.8 Å². The minimum atomic E-state index is -0.539. The molecule has 0 saturated carbocycles. The zero-order valence-corrected chi connectivity index (χ0v) is 14.2. The van der Waals surface area contributed by atoms with Crippen molar-refractivity contribution in [2.75, 3.05) is 30.9 Å². The molecule has 134 valence electrons. The molecule has 2 aromatic rings. The molecule has 0 fully saturated rings. The predicted octanol–water partition coefficient (Wildman–Crippen LogP) is 2.97. The summed E-state index contributed by atoms with van der Waals surface area (Å²) in [5, 5.41) is 25.5. The van der Waals surface area contributed by atoms with Gasteiger partial charge in [0.15, 0.2) is 0 Å². The van der Waals surface area contributed by atoms with Crippen molar-refractivity contribution in [1.29, 1.82) is 5.26 Å². The summed E-state index contributed by atoms with van der Waals surface area (Å²) in [6, 6.07) is 13.1. The quantitative estimate of drug-likeness (QED) is 0.427. The highest BCUT2D eigenvalue weighted by Gasteiger charge is 2.17. The smallest absolute Gasteiger partial charge is 0.293 e. The minimum absolute atomic E-state index is 0.176. The molecule has 2 N–H and O–H groups in total. The second kappa shape index (κ2) is 9.15. The zero-order valence-electron chi connectivity index (χ0n) is 14.2. The Labute approximate surface area is 150 Å². The maximum absolute atomic E-state index is 12.3. The fraction of sp³-hybridized carbons (Fsp3) is 0.222. The van der Waals surface area contributed by atoms with Crippen molar-refractivity contribution in [1.82, 2.24) is 0 Å². The van der Waals surface area contributed by atoms with Gasteiger partial charge in [-0.25, -0.2) is 0 Å². The molecule has 0 aliphatic heterocycles. The third-order valence-corrected chi connectivity index (χ3v) is 3.57. The number of hydrogen-bond donors (Lipinski definition) is 2. The van der Waals surface area contributed by atoms with E-state index in [4.69, 9.17) is 10.00 Å². The van der Waals surface area contributed by atoms with Crippen LogP contribution in [0.3, 0.4) is 0 Å². The van der Waals surface area contributed by atoms with Crippen LogP contribution >= 0.6 is 0 Å². The number of methoxy groups -OCH3 is 1. The largest absolute Gasteiger partial charge is 0.383 e. The van der Waals surface area contributed by atoms with E-state index in [0.29, 0.717) is 24.5 Å². The van der Waals surface area contributed by atoms with E-state index in [1.807, 2.05) is 6.07 Å². The van der Waals surface area contributed by atoms with Gasteiger partial charge in [0, 0.05) is 31.0 Å². The highest BCUT2D eigenvalue weighted by molar-refractivity contribution is 6.05. The van der Waals surface area contributed by atoms with Gasteiger partial charge in [-0.3, -0.25) is 14.9 Å². The number of carbonyl (C=O) groups excluding carboxylic acids is 1. The van der Waals surface area contributed by atoms with Crippen LogP contribution in [0.1, 0.15) is 15.9 Å². The predicted molar refractivity (Wildman–Crippen MR) is 97.2 cm³/mol. The Morgan fingerprint density at radius 2 is 2.00 bits per heavy atom. The minimum Gasteiger partial charge on any atom is -0.383 e. The summed E-state index contributed by atoms with van der Waals surface area (Å²) in [5.41, 5.74) is 1.70. The second-order valence-corrected chi connectivity index (χ2v) is 5.39. The lowest BCUT2D eigenvalue weighted by atomic mass is 10.1. The number of benzene rings is 2. The van der Waals surface area contributed by atoms with Crippen LogP contribution in [0.25, 0.3) is 0 Å². The van der Waals surface area contributed by atoms with E-state index in [1.54, 1.807) is 24.3 Å². The van der Waals surface area contributed by atoms with E-state index in [0.717, 1.165) is 5.56 Å². The molecule has 8 heteroatoms. The number of amides is 1. The Morgan fingerprint density at radius 1 is 1.27 bits per heavy atom. The van der Waals surface area contributed by atoms with Gasteiger partial charge < -0.3 is 15.4 Å². The maximum atomic E-state index is 12.3. The van der Waals surface area contributed by atoms with Crippen LogP contribution in [0.15, 0.2) is 42.5 Å². The van der Waals surface area contributed by atoms with Crippen LogP contribution in [0.4, 0.5) is 17.1 Å². The maximum Gasteiger partial charge on any atom is 0.293 e. The lowest BCUT2D eigenvalue weighted by Gasteiger charge is -2.09. The summed E-state index contributed by atoms with van der Waals surface area (Å²) >= 11 is 0. The van der Waals surface area contributed by atoms with Crippen molar-refractivity contribution in [3.8, 4) is 6.07 Å². The van der Waals surface area contributed by atoms with Crippen LogP contribution in [0.5, 0.6) is 0 Å². The fourth-order valence-electron chi connectivity index (χ4n) is 2.26. The SMILES string of the molecule is COCCNc1ccc(C(=O)Nc2ccc(CC#N)cc2)cc1[N+](=O)[O-]. The summed E-state index contributed by atoms with van der Waals surface area (Å²) in [6.45, 7) is 0.819. The molecule has 1 amide bonds. The van der Waals surface area contributed by atoms with Gasteiger partial charge in [0.2, 0.25) is 0 Å². The third kappa shape index (κ3) is 5.03. The van der Waals surface area contributed by atoms with Gasteiger partial charge in [-0.15, -0.1) is 0 Å². The van der Waals surface area contributed by atoms with Gasteiger partial charge >= 0.3 is 0 Å². The molecule has 0 saturated heterocycles. The first kappa shape index (κ1) is 18.9. The van der Waals surface area contributed by atoms with Gasteiger partial charge in [0.05, 0.1) is 24.0 Å². The molecule has 0 aliphatic carbocycles. The Bertz CT molecular complexity index is 828. The number of hydrogen-bond acceptors (Lipinski definition) is 6. The standard InChI is InChI=1S/C18H18N4O4/c1-26-11-10-20-16-7-4-14(12-17(16)22(24)25)18(23)21-15-5-2-13(3-6-15)8-9-19/h2-7,12,20H,8,10-11H2,1H3,(H,21,23). The number of carbonyl (C=O) groups is 1. The Hall–Kier alpha value is -3.44. The van der Waals surface area contributed by atoms with Gasteiger partial charge in [0.1, 0.15) is 5.69 Å².